The van der Waals surface area contributed by atoms with Crippen molar-refractivity contribution in [1.29, 1.82) is 0 Å². The lowest BCUT2D eigenvalue weighted by atomic mass is 9.89. The van der Waals surface area contributed by atoms with Crippen molar-refractivity contribution in [2.24, 2.45) is 0 Å². The van der Waals surface area contributed by atoms with Crippen molar-refractivity contribution in [1.82, 2.24) is 0 Å². The zero-order chi connectivity index (χ0) is 16.5. The van der Waals surface area contributed by atoms with E-state index in [1.165, 1.54) is 5.56 Å². The first-order valence-electron chi connectivity index (χ1n) is 8.14. The molecule has 4 rings (SSSR count). The number of benzene rings is 3. The van der Waals surface area contributed by atoms with Crippen molar-refractivity contribution in [2.45, 2.75) is 23.8 Å². The number of ether oxygens (including phenoxy) is 1. The van der Waals surface area contributed by atoms with E-state index < -0.39 is 0 Å². The molecule has 0 heterocycles. The third kappa shape index (κ3) is 2.73. The molecule has 120 valence electrons. The third-order valence-corrected chi connectivity index (χ3v) is 5.56. The van der Waals surface area contributed by atoms with Gasteiger partial charge in [-0.25, -0.2) is 4.79 Å². The summed E-state index contributed by atoms with van der Waals surface area (Å²) in [6.45, 7) is 0. The van der Waals surface area contributed by atoms with Crippen molar-refractivity contribution >= 4 is 32.7 Å². The Bertz CT molecular complexity index is 898. The van der Waals surface area contributed by atoms with E-state index in [0.29, 0.717) is 5.56 Å². The van der Waals surface area contributed by atoms with Crippen molar-refractivity contribution < 1.29 is 9.53 Å². The number of fused-ring (bicyclic) bond motifs is 2. The van der Waals surface area contributed by atoms with Gasteiger partial charge in [-0.1, -0.05) is 76.6 Å². The van der Waals surface area contributed by atoms with E-state index in [1.54, 1.807) is 0 Å². The van der Waals surface area contributed by atoms with Gasteiger partial charge in [0.1, 0.15) is 6.10 Å². The van der Waals surface area contributed by atoms with Crippen LogP contribution < -0.4 is 0 Å². The standard InChI is InChI=1S/C21H17BrO2/c22-19-13-12-15-7-2-4-10-17(15)20(19)24-21(23)18-11-5-8-14-6-1-3-9-16(14)18/h1-11,19-20H,12-13H2/t19-,20-/m0/s1. The summed E-state index contributed by atoms with van der Waals surface area (Å²) < 4.78 is 5.94. The van der Waals surface area contributed by atoms with Gasteiger partial charge < -0.3 is 4.74 Å². The smallest absolute Gasteiger partial charge is 0.339 e. The quantitative estimate of drug-likeness (QED) is 0.436. The van der Waals surface area contributed by atoms with Crippen molar-refractivity contribution in [3.63, 3.8) is 0 Å². The van der Waals surface area contributed by atoms with Gasteiger partial charge in [-0.05, 0) is 40.8 Å². The second-order valence-electron chi connectivity index (χ2n) is 6.11. The molecule has 3 aromatic carbocycles. The fraction of sp³-hybridized carbons (Fsp3) is 0.190. The van der Waals surface area contributed by atoms with Gasteiger partial charge in [0.15, 0.2) is 0 Å². The summed E-state index contributed by atoms with van der Waals surface area (Å²) in [5.74, 6) is -0.266. The molecule has 2 nitrogen and oxygen atoms in total. The molecule has 2 atom stereocenters. The molecule has 0 bridgehead atoms. The highest BCUT2D eigenvalue weighted by molar-refractivity contribution is 9.09. The SMILES string of the molecule is O=C(O[C@H]1c2ccccc2CC[C@@H]1Br)c1cccc2ccccc12. The van der Waals surface area contributed by atoms with Crippen LogP contribution in [0.1, 0.15) is 34.0 Å². The largest absolute Gasteiger partial charge is 0.453 e. The van der Waals surface area contributed by atoms with E-state index in [1.807, 2.05) is 54.6 Å². The Balaban J connectivity index is 1.69. The maximum atomic E-state index is 12.8. The molecule has 0 unspecified atom stereocenters. The molecule has 0 saturated heterocycles. The number of carbonyl (C=O) groups excluding carboxylic acids is 1. The Morgan fingerprint density at radius 3 is 2.62 bits per heavy atom. The van der Waals surface area contributed by atoms with Gasteiger partial charge in [0.25, 0.3) is 0 Å². The lowest BCUT2D eigenvalue weighted by molar-refractivity contribution is 0.0279. The molecule has 0 aliphatic heterocycles. The van der Waals surface area contributed by atoms with Crippen LogP contribution >= 0.6 is 15.9 Å². The second kappa shape index (κ2) is 6.40. The number of halogens is 1. The Kier molecular flexibility index (Phi) is 4.11. The molecule has 0 spiro atoms. The van der Waals surface area contributed by atoms with Crippen LogP contribution in [-0.4, -0.2) is 10.8 Å². The highest BCUT2D eigenvalue weighted by atomic mass is 79.9. The monoisotopic (exact) mass is 380 g/mol. The first-order valence-corrected chi connectivity index (χ1v) is 9.06. The Morgan fingerprint density at radius 1 is 0.958 bits per heavy atom. The van der Waals surface area contributed by atoms with Gasteiger partial charge in [0.05, 0.1) is 10.4 Å². The summed E-state index contributed by atoms with van der Waals surface area (Å²) >= 11 is 3.70. The second-order valence-corrected chi connectivity index (χ2v) is 7.28. The van der Waals surface area contributed by atoms with Gasteiger partial charge >= 0.3 is 5.97 Å². The molecule has 0 fully saturated rings. The molecular formula is C21H17BrO2. The summed E-state index contributed by atoms with van der Waals surface area (Å²) in [4.78, 5) is 13.0. The molecule has 1 aliphatic rings. The van der Waals surface area contributed by atoms with Gasteiger partial charge in [-0.2, -0.15) is 0 Å². The van der Waals surface area contributed by atoms with Gasteiger partial charge in [0, 0.05) is 0 Å². The number of hydrogen-bond acceptors (Lipinski definition) is 2. The number of carbonyl (C=O) groups is 1. The minimum Gasteiger partial charge on any atom is -0.453 e. The summed E-state index contributed by atoms with van der Waals surface area (Å²) in [5.41, 5.74) is 3.00. The lowest BCUT2D eigenvalue weighted by Gasteiger charge is -2.30. The Labute approximate surface area is 149 Å². The average Bonchev–Trinajstić information content (AvgIpc) is 2.63. The van der Waals surface area contributed by atoms with Crippen molar-refractivity contribution in [3.8, 4) is 0 Å². The van der Waals surface area contributed by atoms with E-state index in [0.717, 1.165) is 29.2 Å². The van der Waals surface area contributed by atoms with Crippen LogP contribution in [0.3, 0.4) is 0 Å². The zero-order valence-corrected chi connectivity index (χ0v) is 14.7. The van der Waals surface area contributed by atoms with Gasteiger partial charge in [0.2, 0.25) is 0 Å². The minimum absolute atomic E-state index is 0.145. The normalized spacial score (nSPS) is 19.7. The van der Waals surface area contributed by atoms with E-state index in [4.69, 9.17) is 4.74 Å². The molecule has 1 aliphatic carbocycles. The topological polar surface area (TPSA) is 26.3 Å². The number of hydrogen-bond donors (Lipinski definition) is 0. The minimum atomic E-state index is -0.266. The molecule has 3 aromatic rings. The highest BCUT2D eigenvalue weighted by Crippen LogP contribution is 2.37. The van der Waals surface area contributed by atoms with Crippen molar-refractivity contribution in [3.05, 3.63) is 83.4 Å². The molecule has 0 aromatic heterocycles. The Hall–Kier alpha value is -2.13. The number of rotatable bonds is 2. The van der Waals surface area contributed by atoms with E-state index in [2.05, 4.69) is 28.1 Å². The van der Waals surface area contributed by atoms with Crippen LogP contribution in [0, 0.1) is 0 Å². The van der Waals surface area contributed by atoms with Gasteiger partial charge in [-0.15, -0.1) is 0 Å². The maximum Gasteiger partial charge on any atom is 0.339 e. The summed E-state index contributed by atoms with van der Waals surface area (Å²) in [6, 6.07) is 21.9. The first kappa shape index (κ1) is 15.4. The van der Waals surface area contributed by atoms with Crippen LogP contribution in [0.5, 0.6) is 0 Å². The molecular weight excluding hydrogens is 364 g/mol. The fourth-order valence-corrected chi connectivity index (χ4v) is 4.02. The fourth-order valence-electron chi connectivity index (χ4n) is 3.40. The molecule has 0 N–H and O–H groups in total. The molecule has 0 radical (unpaired) electrons. The van der Waals surface area contributed by atoms with Gasteiger partial charge in [-0.3, -0.25) is 0 Å². The average molecular weight is 381 g/mol. The Morgan fingerprint density at radius 2 is 1.71 bits per heavy atom. The summed E-state index contributed by atoms with van der Waals surface area (Å²) in [5, 5.41) is 1.98. The van der Waals surface area contributed by atoms with Crippen LogP contribution in [0.4, 0.5) is 0 Å². The van der Waals surface area contributed by atoms with E-state index in [9.17, 15) is 4.79 Å². The third-order valence-electron chi connectivity index (χ3n) is 4.62. The number of aryl methyl sites for hydroxylation is 1. The van der Waals surface area contributed by atoms with Crippen LogP contribution in [0.2, 0.25) is 0 Å². The van der Waals surface area contributed by atoms with E-state index >= 15 is 0 Å². The van der Waals surface area contributed by atoms with Crippen LogP contribution in [0.25, 0.3) is 10.8 Å². The predicted octanol–water partition coefficient (Wildman–Crippen LogP) is 5.45. The first-order chi connectivity index (χ1) is 11.7. The summed E-state index contributed by atoms with van der Waals surface area (Å²) in [7, 11) is 0. The number of alkyl halides is 1. The highest BCUT2D eigenvalue weighted by Gasteiger charge is 2.31. The van der Waals surface area contributed by atoms with Crippen LogP contribution in [0.15, 0.2) is 66.7 Å². The summed E-state index contributed by atoms with van der Waals surface area (Å²) in [6.07, 6.45) is 1.72. The molecule has 24 heavy (non-hydrogen) atoms. The molecule has 3 heteroatoms. The molecule has 0 saturated carbocycles. The predicted molar refractivity (Wildman–Crippen MR) is 99.6 cm³/mol. The zero-order valence-electron chi connectivity index (χ0n) is 13.1. The number of esters is 1. The maximum absolute atomic E-state index is 12.8. The molecule has 0 amide bonds. The van der Waals surface area contributed by atoms with E-state index in [-0.39, 0.29) is 16.9 Å². The van der Waals surface area contributed by atoms with Crippen molar-refractivity contribution in [2.75, 3.05) is 0 Å². The lowest BCUT2D eigenvalue weighted by Crippen LogP contribution is -2.25. The van der Waals surface area contributed by atoms with Crippen LogP contribution in [-0.2, 0) is 11.2 Å².